The molecule has 0 amide bonds. The van der Waals surface area contributed by atoms with Crippen LogP contribution in [0.2, 0.25) is 0 Å². The van der Waals surface area contributed by atoms with E-state index in [1.165, 1.54) is 18.2 Å². The number of nitrogens with zero attached hydrogens (tertiary/aromatic N) is 3. The Morgan fingerprint density at radius 3 is 1.74 bits per heavy atom. The molecule has 0 fully saturated rings. The minimum atomic E-state index is -0.434. The number of nitro benzene ring substituents is 1. The zero-order valence-electron chi connectivity index (χ0n) is 12.0. The standard InChI is InChI=1S/C18H11N3O2/c19-12-17(13-20)11-16-5-3-14(4-6-16)1-2-15-7-9-18(10-8-15)21(22)23/h1-11H. The van der Waals surface area contributed by atoms with Crippen LogP contribution in [0.5, 0.6) is 0 Å². The molecule has 0 unspecified atom stereocenters. The van der Waals surface area contributed by atoms with Gasteiger partial charge in [-0.2, -0.15) is 10.5 Å². The van der Waals surface area contributed by atoms with Crippen LogP contribution in [0.25, 0.3) is 18.2 Å². The van der Waals surface area contributed by atoms with Gasteiger partial charge in [-0.15, -0.1) is 0 Å². The van der Waals surface area contributed by atoms with Gasteiger partial charge in [-0.1, -0.05) is 36.4 Å². The van der Waals surface area contributed by atoms with E-state index in [4.69, 9.17) is 10.5 Å². The lowest BCUT2D eigenvalue weighted by Gasteiger charge is -1.97. The summed E-state index contributed by atoms with van der Waals surface area (Å²) in [6.45, 7) is 0. The van der Waals surface area contributed by atoms with Crippen LogP contribution >= 0.6 is 0 Å². The van der Waals surface area contributed by atoms with E-state index in [1.807, 2.05) is 48.6 Å². The molecule has 0 atom stereocenters. The molecule has 0 bridgehead atoms. The lowest BCUT2D eigenvalue weighted by atomic mass is 10.1. The van der Waals surface area contributed by atoms with Gasteiger partial charge in [0.05, 0.1) is 4.92 Å². The van der Waals surface area contributed by atoms with Crippen molar-refractivity contribution in [2.45, 2.75) is 0 Å². The first-order valence-corrected chi connectivity index (χ1v) is 6.67. The van der Waals surface area contributed by atoms with Crippen LogP contribution in [0.1, 0.15) is 16.7 Å². The zero-order chi connectivity index (χ0) is 16.7. The summed E-state index contributed by atoms with van der Waals surface area (Å²) >= 11 is 0. The molecule has 0 aliphatic rings. The number of benzene rings is 2. The van der Waals surface area contributed by atoms with Crippen LogP contribution in [0, 0.1) is 32.8 Å². The molecular weight excluding hydrogens is 290 g/mol. The summed E-state index contributed by atoms with van der Waals surface area (Å²) in [6, 6.07) is 17.2. The van der Waals surface area contributed by atoms with Gasteiger partial charge in [0.25, 0.3) is 5.69 Å². The summed E-state index contributed by atoms with van der Waals surface area (Å²) in [6.07, 6.45) is 5.25. The number of nitro groups is 1. The first kappa shape index (κ1) is 15.7. The van der Waals surface area contributed by atoms with Gasteiger partial charge >= 0.3 is 0 Å². The number of allylic oxidation sites excluding steroid dienone is 1. The molecule has 0 aliphatic heterocycles. The second kappa shape index (κ2) is 7.35. The quantitative estimate of drug-likeness (QED) is 0.366. The molecule has 5 heteroatoms. The van der Waals surface area contributed by atoms with E-state index >= 15 is 0 Å². The SMILES string of the molecule is N#CC(C#N)=Cc1ccc(C=Cc2ccc([N+](=O)[O-])cc2)cc1. The summed E-state index contributed by atoms with van der Waals surface area (Å²) in [4.78, 5) is 10.2. The highest BCUT2D eigenvalue weighted by Gasteiger charge is 2.02. The summed E-state index contributed by atoms with van der Waals surface area (Å²) in [7, 11) is 0. The molecule has 2 rings (SSSR count). The van der Waals surface area contributed by atoms with Gasteiger partial charge in [0, 0.05) is 12.1 Å². The van der Waals surface area contributed by atoms with Crippen molar-refractivity contribution in [3.8, 4) is 12.1 Å². The van der Waals surface area contributed by atoms with E-state index < -0.39 is 4.92 Å². The Hall–Kier alpha value is -3.70. The largest absolute Gasteiger partial charge is 0.269 e. The van der Waals surface area contributed by atoms with E-state index in [2.05, 4.69) is 0 Å². The molecule has 5 nitrogen and oxygen atoms in total. The Bertz CT molecular complexity index is 833. The van der Waals surface area contributed by atoms with E-state index in [0.717, 1.165) is 16.7 Å². The topological polar surface area (TPSA) is 90.7 Å². The second-order valence-electron chi connectivity index (χ2n) is 4.63. The fourth-order valence-electron chi connectivity index (χ4n) is 1.86. The number of nitriles is 2. The molecule has 0 saturated carbocycles. The summed E-state index contributed by atoms with van der Waals surface area (Å²) < 4.78 is 0. The van der Waals surface area contributed by atoms with Gasteiger partial charge in [0.2, 0.25) is 0 Å². The average Bonchev–Trinajstić information content (AvgIpc) is 2.59. The lowest BCUT2D eigenvalue weighted by Crippen LogP contribution is -1.86. The Kier molecular flexibility index (Phi) is 5.01. The minimum Gasteiger partial charge on any atom is -0.258 e. The molecule has 0 radical (unpaired) electrons. The normalized spacial score (nSPS) is 9.83. The summed E-state index contributed by atoms with van der Waals surface area (Å²) in [5, 5.41) is 28.0. The van der Waals surface area contributed by atoms with E-state index in [1.54, 1.807) is 12.1 Å². The fourth-order valence-corrected chi connectivity index (χ4v) is 1.86. The number of hydrogen-bond donors (Lipinski definition) is 0. The monoisotopic (exact) mass is 301 g/mol. The molecule has 0 N–H and O–H groups in total. The van der Waals surface area contributed by atoms with Gasteiger partial charge in [0.15, 0.2) is 0 Å². The molecule has 110 valence electrons. The molecule has 0 aliphatic carbocycles. The van der Waals surface area contributed by atoms with Crippen molar-refractivity contribution >= 4 is 23.9 Å². The summed E-state index contributed by atoms with van der Waals surface area (Å²) in [5.41, 5.74) is 2.69. The van der Waals surface area contributed by atoms with Gasteiger partial charge in [-0.3, -0.25) is 10.1 Å². The third kappa shape index (κ3) is 4.38. The zero-order valence-corrected chi connectivity index (χ0v) is 12.0. The van der Waals surface area contributed by atoms with Crippen molar-refractivity contribution in [1.29, 1.82) is 10.5 Å². The maximum absolute atomic E-state index is 10.6. The van der Waals surface area contributed by atoms with Crippen molar-refractivity contribution in [3.05, 3.63) is 80.9 Å². The third-order valence-corrected chi connectivity index (χ3v) is 3.06. The molecule has 2 aromatic rings. The predicted octanol–water partition coefficient (Wildman–Crippen LogP) is 4.20. The maximum atomic E-state index is 10.6. The van der Waals surface area contributed by atoms with Crippen LogP contribution < -0.4 is 0 Å². The predicted molar refractivity (Wildman–Crippen MR) is 87.7 cm³/mol. The maximum Gasteiger partial charge on any atom is 0.269 e. The van der Waals surface area contributed by atoms with Crippen molar-refractivity contribution < 1.29 is 4.92 Å². The molecule has 23 heavy (non-hydrogen) atoms. The molecule has 0 saturated heterocycles. The third-order valence-electron chi connectivity index (χ3n) is 3.06. The van der Waals surface area contributed by atoms with Crippen molar-refractivity contribution in [3.63, 3.8) is 0 Å². The van der Waals surface area contributed by atoms with Gasteiger partial charge < -0.3 is 0 Å². The van der Waals surface area contributed by atoms with E-state index in [-0.39, 0.29) is 11.3 Å². The fraction of sp³-hybridized carbons (Fsp3) is 0. The minimum absolute atomic E-state index is 0.0548. The smallest absolute Gasteiger partial charge is 0.258 e. The second-order valence-corrected chi connectivity index (χ2v) is 4.63. The summed E-state index contributed by atoms with van der Waals surface area (Å²) in [5.74, 6) is 0. The highest BCUT2D eigenvalue weighted by molar-refractivity contribution is 5.71. The number of hydrogen-bond acceptors (Lipinski definition) is 4. The van der Waals surface area contributed by atoms with Crippen LogP contribution in [0.4, 0.5) is 5.69 Å². The number of rotatable bonds is 4. The van der Waals surface area contributed by atoms with Crippen LogP contribution in [-0.4, -0.2) is 4.92 Å². The lowest BCUT2D eigenvalue weighted by molar-refractivity contribution is -0.384. The van der Waals surface area contributed by atoms with Crippen molar-refractivity contribution in [2.24, 2.45) is 0 Å². The molecule has 0 heterocycles. The highest BCUT2D eigenvalue weighted by atomic mass is 16.6. The van der Waals surface area contributed by atoms with Gasteiger partial charge in [-0.25, -0.2) is 0 Å². The van der Waals surface area contributed by atoms with Gasteiger partial charge in [0.1, 0.15) is 17.7 Å². The Morgan fingerprint density at radius 2 is 1.30 bits per heavy atom. The molecule has 2 aromatic carbocycles. The first-order chi connectivity index (χ1) is 11.1. The average molecular weight is 301 g/mol. The van der Waals surface area contributed by atoms with E-state index in [9.17, 15) is 10.1 Å². The molecular formula is C18H11N3O2. The van der Waals surface area contributed by atoms with Crippen molar-refractivity contribution in [2.75, 3.05) is 0 Å². The molecule has 0 aromatic heterocycles. The van der Waals surface area contributed by atoms with Gasteiger partial charge in [-0.05, 0) is 34.9 Å². The first-order valence-electron chi connectivity index (χ1n) is 6.67. The Balaban J connectivity index is 2.12. The number of non-ortho nitro benzene ring substituents is 1. The van der Waals surface area contributed by atoms with Crippen LogP contribution in [0.3, 0.4) is 0 Å². The highest BCUT2D eigenvalue weighted by Crippen LogP contribution is 2.15. The van der Waals surface area contributed by atoms with Crippen LogP contribution in [0.15, 0.2) is 54.1 Å². The Labute approximate surface area is 133 Å². The van der Waals surface area contributed by atoms with Crippen LogP contribution in [-0.2, 0) is 0 Å². The molecule has 0 spiro atoms. The van der Waals surface area contributed by atoms with E-state index in [0.29, 0.717) is 0 Å². The Morgan fingerprint density at radius 1 is 0.870 bits per heavy atom. The van der Waals surface area contributed by atoms with Crippen molar-refractivity contribution in [1.82, 2.24) is 0 Å².